The van der Waals surface area contributed by atoms with Crippen LogP contribution in [0.1, 0.15) is 26.5 Å². The summed E-state index contributed by atoms with van der Waals surface area (Å²) in [5.74, 6) is 0.475. The van der Waals surface area contributed by atoms with Gasteiger partial charge >= 0.3 is 0 Å². The maximum absolute atomic E-state index is 11.7. The van der Waals surface area contributed by atoms with E-state index < -0.39 is 0 Å². The second kappa shape index (κ2) is 4.40. The molecule has 0 fully saturated rings. The van der Waals surface area contributed by atoms with Crippen molar-refractivity contribution in [3.8, 4) is 0 Å². The van der Waals surface area contributed by atoms with Gasteiger partial charge in [0.1, 0.15) is 15.8 Å². The summed E-state index contributed by atoms with van der Waals surface area (Å²) < 4.78 is 5.53. The van der Waals surface area contributed by atoms with E-state index in [-0.39, 0.29) is 20.9 Å². The van der Waals surface area contributed by atoms with E-state index in [2.05, 4.69) is 0 Å². The summed E-state index contributed by atoms with van der Waals surface area (Å²) in [5, 5.41) is 0.543. The molecule has 5 heteroatoms. The highest BCUT2D eigenvalue weighted by molar-refractivity contribution is 7.98. The molecule has 0 saturated carbocycles. The monoisotopic (exact) mass is 266 g/mol. The zero-order valence-corrected chi connectivity index (χ0v) is 11.3. The molecule has 0 aliphatic carbocycles. The molecule has 1 heterocycles. The average Bonchev–Trinajstić information content (AvgIpc) is 2.13. The van der Waals surface area contributed by atoms with Crippen LogP contribution in [0, 0.1) is 0 Å². The zero-order chi connectivity index (χ0) is 11.8. The quantitative estimate of drug-likeness (QED) is 0.721. The third kappa shape index (κ3) is 2.52. The molecule has 15 heavy (non-hydrogen) atoms. The minimum Gasteiger partial charge on any atom is -0.451 e. The van der Waals surface area contributed by atoms with Gasteiger partial charge in [0, 0.05) is 5.41 Å². The molecule has 0 amide bonds. The van der Waals surface area contributed by atoms with Crippen molar-refractivity contribution in [2.24, 2.45) is 0 Å². The molecule has 0 aliphatic heterocycles. The van der Waals surface area contributed by atoms with Gasteiger partial charge in [-0.1, -0.05) is 55.7 Å². The molecule has 2 nitrogen and oxygen atoms in total. The fourth-order valence-corrected chi connectivity index (χ4v) is 2.36. The first-order chi connectivity index (χ1) is 6.79. The molecule has 84 valence electrons. The average molecular weight is 267 g/mol. The molecule has 0 radical (unpaired) electrons. The Morgan fingerprint density at radius 1 is 1.20 bits per heavy atom. The van der Waals surface area contributed by atoms with Crippen LogP contribution in [-0.2, 0) is 5.41 Å². The molecule has 1 aromatic rings. The van der Waals surface area contributed by atoms with Crippen LogP contribution in [-0.4, -0.2) is 6.26 Å². The highest BCUT2D eigenvalue weighted by atomic mass is 35.5. The number of hydrogen-bond acceptors (Lipinski definition) is 3. The van der Waals surface area contributed by atoms with Crippen molar-refractivity contribution in [1.29, 1.82) is 0 Å². The van der Waals surface area contributed by atoms with Crippen LogP contribution >= 0.6 is 35.0 Å². The van der Waals surface area contributed by atoms with Crippen molar-refractivity contribution in [1.82, 2.24) is 0 Å². The summed E-state index contributed by atoms with van der Waals surface area (Å²) >= 11 is 13.0. The predicted octanol–water partition coefficient (Wildman–Crippen LogP) is 3.97. The Hall–Kier alpha value is -0.120. The second-order valence-electron chi connectivity index (χ2n) is 4.13. The van der Waals surface area contributed by atoms with E-state index >= 15 is 0 Å². The Morgan fingerprint density at radius 2 is 1.73 bits per heavy atom. The lowest BCUT2D eigenvalue weighted by atomic mass is 9.93. The molecule has 1 aromatic heterocycles. The van der Waals surface area contributed by atoms with Gasteiger partial charge in [-0.05, 0) is 6.26 Å². The van der Waals surface area contributed by atoms with Crippen molar-refractivity contribution in [3.63, 3.8) is 0 Å². The Labute approximate surface area is 103 Å². The van der Waals surface area contributed by atoms with Crippen LogP contribution < -0.4 is 5.43 Å². The lowest BCUT2D eigenvalue weighted by Gasteiger charge is -2.19. The van der Waals surface area contributed by atoms with Crippen LogP contribution in [0.4, 0.5) is 0 Å². The van der Waals surface area contributed by atoms with Gasteiger partial charge in [0.15, 0.2) is 5.09 Å². The number of hydrogen-bond donors (Lipinski definition) is 0. The molecule has 0 bridgehead atoms. The SMILES string of the molecule is CSc1oc(C(C)(C)C)c(Cl)c(=O)c1Cl. The summed E-state index contributed by atoms with van der Waals surface area (Å²) in [4.78, 5) is 11.7. The molecule has 0 aliphatic rings. The van der Waals surface area contributed by atoms with Gasteiger partial charge in [-0.3, -0.25) is 4.79 Å². The molecule has 0 N–H and O–H groups in total. The van der Waals surface area contributed by atoms with Crippen LogP contribution in [0.2, 0.25) is 10.0 Å². The fourth-order valence-electron chi connectivity index (χ4n) is 1.09. The van der Waals surface area contributed by atoms with Crippen molar-refractivity contribution in [2.75, 3.05) is 6.26 Å². The molecule has 0 aromatic carbocycles. The van der Waals surface area contributed by atoms with E-state index in [1.165, 1.54) is 11.8 Å². The van der Waals surface area contributed by atoms with E-state index in [1.807, 2.05) is 20.8 Å². The summed E-state index contributed by atoms with van der Waals surface area (Å²) in [7, 11) is 0. The molecular weight excluding hydrogens is 255 g/mol. The Morgan fingerprint density at radius 3 is 2.13 bits per heavy atom. The summed E-state index contributed by atoms with van der Waals surface area (Å²) in [6.45, 7) is 5.78. The Kier molecular flexibility index (Phi) is 3.80. The van der Waals surface area contributed by atoms with Gasteiger partial charge in [-0.15, -0.1) is 0 Å². The molecule has 0 spiro atoms. The zero-order valence-electron chi connectivity index (χ0n) is 8.98. The van der Waals surface area contributed by atoms with Gasteiger partial charge in [0.2, 0.25) is 5.43 Å². The lowest BCUT2D eigenvalue weighted by Crippen LogP contribution is -2.17. The summed E-state index contributed by atoms with van der Waals surface area (Å²) in [6.07, 6.45) is 1.80. The van der Waals surface area contributed by atoms with Gasteiger partial charge in [-0.2, -0.15) is 0 Å². The third-order valence-electron chi connectivity index (χ3n) is 1.84. The summed E-state index contributed by atoms with van der Waals surface area (Å²) in [5.41, 5.74) is -0.676. The highest BCUT2D eigenvalue weighted by Crippen LogP contribution is 2.33. The predicted molar refractivity (Wildman–Crippen MR) is 65.5 cm³/mol. The normalized spacial score (nSPS) is 11.9. The summed E-state index contributed by atoms with van der Waals surface area (Å²) in [6, 6.07) is 0. The van der Waals surface area contributed by atoms with Crippen molar-refractivity contribution in [2.45, 2.75) is 31.3 Å². The highest BCUT2D eigenvalue weighted by Gasteiger charge is 2.25. The van der Waals surface area contributed by atoms with Crippen LogP contribution in [0.5, 0.6) is 0 Å². The Balaban J connectivity index is 3.57. The second-order valence-corrected chi connectivity index (χ2v) is 5.66. The van der Waals surface area contributed by atoms with E-state index in [0.717, 1.165) is 0 Å². The van der Waals surface area contributed by atoms with Crippen LogP contribution in [0.25, 0.3) is 0 Å². The van der Waals surface area contributed by atoms with Crippen LogP contribution in [0.15, 0.2) is 14.3 Å². The van der Waals surface area contributed by atoms with E-state index in [4.69, 9.17) is 27.6 Å². The van der Waals surface area contributed by atoms with E-state index in [9.17, 15) is 4.79 Å². The van der Waals surface area contributed by atoms with Crippen molar-refractivity contribution < 1.29 is 4.42 Å². The van der Waals surface area contributed by atoms with Gasteiger partial charge < -0.3 is 4.42 Å². The van der Waals surface area contributed by atoms with Gasteiger partial charge in [-0.25, -0.2) is 0 Å². The van der Waals surface area contributed by atoms with Crippen LogP contribution in [0.3, 0.4) is 0 Å². The van der Waals surface area contributed by atoms with E-state index in [1.54, 1.807) is 6.26 Å². The van der Waals surface area contributed by atoms with Crippen molar-refractivity contribution >= 4 is 35.0 Å². The standard InChI is InChI=1S/C10H12Cl2O2S/c1-10(2,3)8-5(11)7(13)6(12)9(14-8)15-4/h1-4H3. The first kappa shape index (κ1) is 12.9. The first-order valence-corrected chi connectivity index (χ1v) is 6.33. The van der Waals surface area contributed by atoms with Crippen molar-refractivity contribution in [3.05, 3.63) is 26.0 Å². The minimum absolute atomic E-state index is 0.0560. The van der Waals surface area contributed by atoms with E-state index in [0.29, 0.717) is 10.9 Å². The molecule has 0 saturated heterocycles. The molecule has 0 unspecified atom stereocenters. The topological polar surface area (TPSA) is 30.2 Å². The number of rotatable bonds is 1. The maximum Gasteiger partial charge on any atom is 0.223 e. The minimum atomic E-state index is -0.362. The number of halogens is 2. The third-order valence-corrected chi connectivity index (χ3v) is 3.30. The molecule has 0 atom stereocenters. The molecule has 1 rings (SSSR count). The largest absolute Gasteiger partial charge is 0.451 e. The lowest BCUT2D eigenvalue weighted by molar-refractivity contribution is 0.345. The fraction of sp³-hybridized carbons (Fsp3) is 0.500. The van der Waals surface area contributed by atoms with Gasteiger partial charge in [0.25, 0.3) is 0 Å². The first-order valence-electron chi connectivity index (χ1n) is 4.35. The smallest absolute Gasteiger partial charge is 0.223 e. The molecular formula is C10H12Cl2O2S. The number of thioether (sulfide) groups is 1. The Bertz CT molecular complexity index is 432. The maximum atomic E-state index is 11.7. The van der Waals surface area contributed by atoms with Gasteiger partial charge in [0.05, 0.1) is 0 Å².